The highest BCUT2D eigenvalue weighted by Crippen LogP contribution is 2.34. The minimum Gasteiger partial charge on any atom is -0.477 e. The van der Waals surface area contributed by atoms with Gasteiger partial charge in [0, 0.05) is 19.3 Å². The third kappa shape index (κ3) is 11.4. The van der Waals surface area contributed by atoms with E-state index in [1.165, 1.54) is 25.7 Å². The lowest BCUT2D eigenvalue weighted by Gasteiger charge is -2.50. The van der Waals surface area contributed by atoms with E-state index in [9.17, 15) is 29.7 Å². The van der Waals surface area contributed by atoms with Crippen molar-refractivity contribution in [2.45, 2.75) is 149 Å². The Morgan fingerprint density at radius 3 is 1.25 bits per heavy atom. The Hall–Kier alpha value is -1.89. The zero-order chi connectivity index (χ0) is 27.4. The molecule has 3 unspecified atom stereocenters. The number of quaternary nitrogens is 1. The van der Waals surface area contributed by atoms with Crippen LogP contribution in [0.3, 0.4) is 0 Å². The van der Waals surface area contributed by atoms with Crippen molar-refractivity contribution in [1.82, 2.24) is 0 Å². The number of carboxylic acids is 3. The maximum atomic E-state index is 12.5. The van der Waals surface area contributed by atoms with Crippen molar-refractivity contribution >= 4 is 17.9 Å². The van der Waals surface area contributed by atoms with Crippen LogP contribution < -0.4 is 0 Å². The molecule has 0 saturated heterocycles. The molecule has 0 rings (SSSR count). The van der Waals surface area contributed by atoms with Crippen molar-refractivity contribution in [3.8, 4) is 0 Å². The minimum absolute atomic E-state index is 0.262. The van der Waals surface area contributed by atoms with Gasteiger partial charge in [0.15, 0.2) is 18.1 Å². The Morgan fingerprint density at radius 1 is 0.556 bits per heavy atom. The number of carbonyl (C=O) groups is 3. The number of nitrogens with zero attached hydrogens (tertiary/aromatic N) is 1. The van der Waals surface area contributed by atoms with Crippen LogP contribution in [0.5, 0.6) is 0 Å². The number of rotatable bonds is 24. The predicted molar refractivity (Wildman–Crippen MR) is 145 cm³/mol. The van der Waals surface area contributed by atoms with Gasteiger partial charge in [-0.2, -0.15) is 0 Å². The molecule has 3 atom stereocenters. The second kappa shape index (κ2) is 20.2. The first kappa shape index (κ1) is 34.1. The number of carboxylic acid groups (broad SMARTS) is 3. The van der Waals surface area contributed by atoms with Crippen LogP contribution in [-0.2, 0) is 14.4 Å². The number of allylic oxidation sites excluding steroid dienone is 2. The summed E-state index contributed by atoms with van der Waals surface area (Å²) in [5.41, 5.74) is 0. The summed E-state index contributed by atoms with van der Waals surface area (Å²) in [6.45, 7) is 8.08. The SMILES string of the molecule is CCCCCC/C=C/CCCCCC[N+](C(CCC)C(=O)O)(C(CCC)C(=O)O)C(CCC)C(=O)O. The molecule has 0 aromatic rings. The Morgan fingerprint density at radius 2 is 0.917 bits per heavy atom. The molecule has 7 nitrogen and oxygen atoms in total. The predicted octanol–water partition coefficient (Wildman–Crippen LogP) is 7.04. The van der Waals surface area contributed by atoms with Crippen molar-refractivity contribution in [3.05, 3.63) is 12.2 Å². The second-order valence-electron chi connectivity index (χ2n) is 10.2. The molecule has 0 radical (unpaired) electrons. The van der Waals surface area contributed by atoms with Gasteiger partial charge in [0.05, 0.1) is 6.54 Å². The van der Waals surface area contributed by atoms with Crippen LogP contribution in [0.2, 0.25) is 0 Å². The van der Waals surface area contributed by atoms with E-state index in [1.54, 1.807) is 0 Å². The summed E-state index contributed by atoms with van der Waals surface area (Å²) in [7, 11) is 0. The van der Waals surface area contributed by atoms with Gasteiger partial charge in [-0.15, -0.1) is 0 Å². The first-order valence-corrected chi connectivity index (χ1v) is 14.4. The molecule has 0 bridgehead atoms. The molecule has 3 N–H and O–H groups in total. The monoisotopic (exact) mass is 512 g/mol. The Kier molecular flexibility index (Phi) is 19.1. The minimum atomic E-state index is -1.09. The molecule has 0 aliphatic carbocycles. The summed E-state index contributed by atoms with van der Waals surface area (Å²) in [5, 5.41) is 30.7. The highest BCUT2D eigenvalue weighted by molar-refractivity contribution is 5.78. The van der Waals surface area contributed by atoms with Gasteiger partial charge < -0.3 is 15.3 Å². The second-order valence-corrected chi connectivity index (χ2v) is 10.2. The van der Waals surface area contributed by atoms with E-state index >= 15 is 0 Å². The van der Waals surface area contributed by atoms with Gasteiger partial charge in [-0.3, -0.25) is 4.48 Å². The zero-order valence-electron chi connectivity index (χ0n) is 23.4. The molecule has 0 saturated carbocycles. The van der Waals surface area contributed by atoms with E-state index in [4.69, 9.17) is 0 Å². The average molecular weight is 513 g/mol. The summed E-state index contributed by atoms with van der Waals surface area (Å²) in [5.74, 6) is -3.28. The van der Waals surface area contributed by atoms with Crippen LogP contribution in [0, 0.1) is 0 Å². The lowest BCUT2D eigenvalue weighted by Crippen LogP contribution is -2.72. The maximum Gasteiger partial charge on any atom is 0.362 e. The summed E-state index contributed by atoms with van der Waals surface area (Å²) < 4.78 is -0.382. The van der Waals surface area contributed by atoms with Crippen LogP contribution in [-0.4, -0.2) is 62.4 Å². The van der Waals surface area contributed by atoms with E-state index < -0.39 is 36.0 Å². The molecule has 0 aromatic carbocycles. The molecule has 0 amide bonds. The lowest BCUT2D eigenvalue weighted by atomic mass is 9.91. The van der Waals surface area contributed by atoms with Gasteiger partial charge in [0.1, 0.15) is 0 Å². The Bertz CT molecular complexity index is 588. The summed E-state index contributed by atoms with van der Waals surface area (Å²) >= 11 is 0. The number of aliphatic carboxylic acids is 3. The zero-order valence-corrected chi connectivity index (χ0v) is 23.4. The van der Waals surface area contributed by atoms with Gasteiger partial charge in [0.25, 0.3) is 0 Å². The van der Waals surface area contributed by atoms with E-state index in [0.29, 0.717) is 25.7 Å². The van der Waals surface area contributed by atoms with E-state index in [0.717, 1.165) is 32.1 Å². The van der Waals surface area contributed by atoms with E-state index in [2.05, 4.69) is 19.1 Å². The van der Waals surface area contributed by atoms with Crippen molar-refractivity contribution < 1.29 is 34.2 Å². The summed E-state index contributed by atoms with van der Waals surface area (Å²) in [6, 6.07) is -3.15. The van der Waals surface area contributed by atoms with Crippen molar-refractivity contribution in [2.75, 3.05) is 6.54 Å². The fourth-order valence-corrected chi connectivity index (χ4v) is 5.57. The smallest absolute Gasteiger partial charge is 0.362 e. The molecular formula is C29H54NO6+. The number of unbranched alkanes of at least 4 members (excludes halogenated alkanes) is 8. The third-order valence-electron chi connectivity index (χ3n) is 7.34. The first-order valence-electron chi connectivity index (χ1n) is 14.4. The topological polar surface area (TPSA) is 112 Å². The number of hydrogen-bond donors (Lipinski definition) is 3. The molecule has 0 aromatic heterocycles. The molecule has 0 aliphatic rings. The fourth-order valence-electron chi connectivity index (χ4n) is 5.57. The number of hydrogen-bond acceptors (Lipinski definition) is 3. The largest absolute Gasteiger partial charge is 0.477 e. The van der Waals surface area contributed by atoms with Gasteiger partial charge in [-0.1, -0.05) is 65.5 Å². The standard InChI is InChI=1S/C29H53NO6/c1-5-9-10-11-12-13-14-15-16-17-18-19-23-30(24(20-6-2)27(31)32,25(21-7-3)28(33)34)26(22-8-4)29(35)36/h13-14,24-26H,5-12,15-23H2,1-4H3,(H2-,31,32,33,34,35,36)/p+1/b14-13+. The van der Waals surface area contributed by atoms with Crippen molar-refractivity contribution in [2.24, 2.45) is 0 Å². The quantitative estimate of drug-likeness (QED) is 0.0726. The summed E-state index contributed by atoms with van der Waals surface area (Å²) in [6.07, 6.45) is 17.5. The molecule has 36 heavy (non-hydrogen) atoms. The van der Waals surface area contributed by atoms with Gasteiger partial charge in [0.2, 0.25) is 0 Å². The molecule has 0 heterocycles. The Labute approximate surface area is 219 Å². The van der Waals surface area contributed by atoms with Crippen LogP contribution in [0.4, 0.5) is 0 Å². The van der Waals surface area contributed by atoms with E-state index in [1.807, 2.05) is 20.8 Å². The first-order chi connectivity index (χ1) is 17.2. The van der Waals surface area contributed by atoms with Crippen LogP contribution in [0.1, 0.15) is 130 Å². The van der Waals surface area contributed by atoms with E-state index in [-0.39, 0.29) is 30.3 Å². The molecule has 0 aliphatic heterocycles. The third-order valence-corrected chi connectivity index (χ3v) is 7.34. The molecular weight excluding hydrogens is 458 g/mol. The highest BCUT2D eigenvalue weighted by atomic mass is 16.4. The fraction of sp³-hybridized carbons (Fsp3) is 0.828. The normalized spacial score (nSPS) is 15.9. The van der Waals surface area contributed by atoms with Gasteiger partial charge in [-0.25, -0.2) is 14.4 Å². The van der Waals surface area contributed by atoms with Crippen molar-refractivity contribution in [3.63, 3.8) is 0 Å². The van der Waals surface area contributed by atoms with Crippen LogP contribution in [0.15, 0.2) is 12.2 Å². The maximum absolute atomic E-state index is 12.5. The molecule has 210 valence electrons. The van der Waals surface area contributed by atoms with Gasteiger partial charge >= 0.3 is 17.9 Å². The lowest BCUT2D eigenvalue weighted by molar-refractivity contribution is -0.973. The van der Waals surface area contributed by atoms with Crippen LogP contribution in [0.25, 0.3) is 0 Å². The Balaban J connectivity index is 5.63. The molecule has 0 fully saturated rings. The molecule has 7 heteroatoms. The highest BCUT2D eigenvalue weighted by Gasteiger charge is 2.56. The summed E-state index contributed by atoms with van der Waals surface area (Å²) in [4.78, 5) is 37.5. The molecule has 0 spiro atoms. The van der Waals surface area contributed by atoms with Gasteiger partial charge in [-0.05, 0) is 57.8 Å². The average Bonchev–Trinajstić information content (AvgIpc) is 2.83. The van der Waals surface area contributed by atoms with Crippen LogP contribution >= 0.6 is 0 Å². The van der Waals surface area contributed by atoms with Crippen molar-refractivity contribution in [1.29, 1.82) is 0 Å².